The highest BCUT2D eigenvalue weighted by Crippen LogP contribution is 2.59. The normalized spacial score (nSPS) is 21.2. The largest absolute Gasteiger partial charge is 0.434 e. The van der Waals surface area contributed by atoms with Crippen LogP contribution in [0.5, 0.6) is 0 Å². The standard InChI is InChI=1S/C16H16F6N4O3/c17-15(18,19)12(16(20,21)22)29-13(28)26-5-1-14(2-6-26)7-9(14)11(27)25-10-8-23-3-4-24-10/h3-4,8-9,12H,1-2,5-7H2,(H,24,25,27). The number of hydrogen-bond acceptors (Lipinski definition) is 5. The maximum Gasteiger partial charge on any atom is 0.434 e. The van der Waals surface area contributed by atoms with Gasteiger partial charge in [-0.05, 0) is 24.7 Å². The van der Waals surface area contributed by atoms with Crippen LogP contribution in [0.25, 0.3) is 0 Å². The summed E-state index contributed by atoms with van der Waals surface area (Å²) in [6.45, 7) is -0.202. The van der Waals surface area contributed by atoms with Crippen LogP contribution in [0.15, 0.2) is 18.6 Å². The van der Waals surface area contributed by atoms with Crippen molar-refractivity contribution < 1.29 is 40.7 Å². The van der Waals surface area contributed by atoms with Gasteiger partial charge in [0.05, 0.1) is 6.20 Å². The monoisotopic (exact) mass is 426 g/mol. The fourth-order valence-corrected chi connectivity index (χ4v) is 3.48. The Bertz CT molecular complexity index is 748. The Hall–Kier alpha value is -2.60. The fourth-order valence-electron chi connectivity index (χ4n) is 3.48. The van der Waals surface area contributed by atoms with Gasteiger partial charge in [-0.3, -0.25) is 9.78 Å². The molecule has 1 aliphatic carbocycles. The number of nitrogens with zero attached hydrogens (tertiary/aromatic N) is 3. The van der Waals surface area contributed by atoms with Crippen LogP contribution in [-0.2, 0) is 9.53 Å². The lowest BCUT2D eigenvalue weighted by molar-refractivity contribution is -0.308. The number of anilines is 1. The Morgan fingerprint density at radius 1 is 1.14 bits per heavy atom. The molecule has 0 radical (unpaired) electrons. The zero-order valence-corrected chi connectivity index (χ0v) is 14.8. The predicted molar refractivity (Wildman–Crippen MR) is 84.4 cm³/mol. The van der Waals surface area contributed by atoms with Gasteiger partial charge in [0.15, 0.2) is 5.82 Å². The number of halogens is 6. The van der Waals surface area contributed by atoms with Gasteiger partial charge in [0.2, 0.25) is 5.91 Å². The van der Waals surface area contributed by atoms with Crippen molar-refractivity contribution in [2.75, 3.05) is 18.4 Å². The average Bonchev–Trinajstić information content (AvgIpc) is 3.32. The van der Waals surface area contributed by atoms with Crippen LogP contribution in [0.4, 0.5) is 37.0 Å². The lowest BCUT2D eigenvalue weighted by Gasteiger charge is -2.33. The quantitative estimate of drug-likeness (QED) is 0.751. The van der Waals surface area contributed by atoms with Crippen LogP contribution in [0.3, 0.4) is 0 Å². The second kappa shape index (κ2) is 7.34. The number of alkyl halides is 6. The molecule has 2 heterocycles. The van der Waals surface area contributed by atoms with Gasteiger partial charge in [0, 0.05) is 31.4 Å². The number of carbonyl (C=O) groups is 2. The van der Waals surface area contributed by atoms with Crippen molar-refractivity contribution in [2.45, 2.75) is 37.7 Å². The molecule has 2 amide bonds. The molecule has 1 atom stereocenters. The molecule has 3 rings (SSSR count). The maximum atomic E-state index is 12.5. The van der Waals surface area contributed by atoms with Crippen molar-refractivity contribution in [3.05, 3.63) is 18.6 Å². The van der Waals surface area contributed by atoms with Gasteiger partial charge in [-0.2, -0.15) is 26.3 Å². The van der Waals surface area contributed by atoms with Gasteiger partial charge in [-0.1, -0.05) is 0 Å². The number of hydrogen-bond donors (Lipinski definition) is 1. The summed E-state index contributed by atoms with van der Waals surface area (Å²) in [4.78, 5) is 32.6. The van der Waals surface area contributed by atoms with Gasteiger partial charge in [0.25, 0.3) is 6.10 Å². The minimum atomic E-state index is -5.76. The molecule has 7 nitrogen and oxygen atoms in total. The number of ether oxygens (including phenoxy) is 1. The van der Waals surface area contributed by atoms with E-state index in [0.29, 0.717) is 6.42 Å². The molecule has 160 valence electrons. The number of amides is 2. The molecule has 29 heavy (non-hydrogen) atoms. The van der Waals surface area contributed by atoms with Crippen LogP contribution in [-0.4, -0.2) is 58.4 Å². The molecule has 1 aliphatic heterocycles. The average molecular weight is 426 g/mol. The van der Waals surface area contributed by atoms with Gasteiger partial charge in [-0.15, -0.1) is 0 Å². The minimum absolute atomic E-state index is 0.101. The lowest BCUT2D eigenvalue weighted by atomic mass is 9.91. The van der Waals surface area contributed by atoms with E-state index in [1.54, 1.807) is 0 Å². The summed E-state index contributed by atoms with van der Waals surface area (Å²) in [6, 6.07) is 0. The van der Waals surface area contributed by atoms with Gasteiger partial charge in [0.1, 0.15) is 0 Å². The third-order valence-electron chi connectivity index (χ3n) is 5.15. The summed E-state index contributed by atoms with van der Waals surface area (Å²) in [5, 5.41) is 2.60. The highest BCUT2D eigenvalue weighted by molar-refractivity contribution is 5.94. The van der Waals surface area contributed by atoms with Crippen LogP contribution in [0.2, 0.25) is 0 Å². The van der Waals surface area contributed by atoms with E-state index in [9.17, 15) is 35.9 Å². The van der Waals surface area contributed by atoms with Crippen molar-refractivity contribution in [3.63, 3.8) is 0 Å². The molecular formula is C16H16F6N4O3. The first kappa shape index (κ1) is 21.1. The van der Waals surface area contributed by atoms with Crippen LogP contribution in [0.1, 0.15) is 19.3 Å². The SMILES string of the molecule is O=C(Nc1cnccn1)C1CC12CCN(C(=O)OC(C(F)(F)F)C(F)(F)F)CC2. The van der Waals surface area contributed by atoms with Crippen molar-refractivity contribution in [2.24, 2.45) is 11.3 Å². The predicted octanol–water partition coefficient (Wildman–Crippen LogP) is 3.15. The topological polar surface area (TPSA) is 84.4 Å². The van der Waals surface area contributed by atoms with Crippen molar-refractivity contribution in [1.82, 2.24) is 14.9 Å². The highest BCUT2D eigenvalue weighted by atomic mass is 19.4. The molecule has 2 fully saturated rings. The Morgan fingerprint density at radius 3 is 2.28 bits per heavy atom. The van der Waals surface area contributed by atoms with Crippen LogP contribution >= 0.6 is 0 Å². The first-order chi connectivity index (χ1) is 13.4. The highest BCUT2D eigenvalue weighted by Gasteiger charge is 2.61. The number of rotatable bonds is 3. The van der Waals surface area contributed by atoms with E-state index in [0.717, 1.165) is 4.90 Å². The molecule has 1 unspecified atom stereocenters. The first-order valence-electron chi connectivity index (χ1n) is 8.58. The number of aromatic nitrogens is 2. The molecule has 0 bridgehead atoms. The Morgan fingerprint density at radius 2 is 1.76 bits per heavy atom. The van der Waals surface area contributed by atoms with Crippen LogP contribution in [0, 0.1) is 11.3 Å². The molecule has 13 heteroatoms. The van der Waals surface area contributed by atoms with Gasteiger partial charge >= 0.3 is 18.4 Å². The fraction of sp³-hybridized carbons (Fsp3) is 0.625. The van der Waals surface area contributed by atoms with E-state index < -0.39 is 30.0 Å². The number of carbonyl (C=O) groups excluding carboxylic acids is 2. The molecule has 1 spiro atoms. The molecule has 0 aromatic carbocycles. The second-order valence-electron chi connectivity index (χ2n) is 7.03. The smallest absolute Gasteiger partial charge is 0.426 e. The third kappa shape index (κ3) is 4.70. The van der Waals surface area contributed by atoms with Crippen LogP contribution < -0.4 is 5.32 Å². The van der Waals surface area contributed by atoms with E-state index in [1.807, 2.05) is 0 Å². The van der Waals surface area contributed by atoms with Crippen molar-refractivity contribution in [1.29, 1.82) is 0 Å². The lowest BCUT2D eigenvalue weighted by Crippen LogP contribution is -2.49. The Balaban J connectivity index is 1.53. The van der Waals surface area contributed by atoms with Gasteiger partial charge in [-0.25, -0.2) is 9.78 Å². The van der Waals surface area contributed by atoms with E-state index >= 15 is 0 Å². The first-order valence-corrected chi connectivity index (χ1v) is 8.58. The third-order valence-corrected chi connectivity index (χ3v) is 5.15. The Kier molecular flexibility index (Phi) is 5.34. The zero-order valence-electron chi connectivity index (χ0n) is 14.8. The van der Waals surface area contributed by atoms with Gasteiger partial charge < -0.3 is 15.0 Å². The number of nitrogens with one attached hydrogen (secondary N) is 1. The molecule has 1 aromatic rings. The summed E-state index contributed by atoms with van der Waals surface area (Å²) >= 11 is 0. The number of likely N-dealkylation sites (tertiary alicyclic amines) is 1. The molecular weight excluding hydrogens is 410 g/mol. The molecule has 1 N–H and O–H groups in total. The summed E-state index contributed by atoms with van der Waals surface area (Å²) in [6.07, 6.45) is -12.1. The molecule has 1 aromatic heterocycles. The maximum absolute atomic E-state index is 12.5. The van der Waals surface area contributed by atoms with E-state index in [1.165, 1.54) is 18.6 Å². The summed E-state index contributed by atoms with van der Waals surface area (Å²) in [5.41, 5.74) is -0.434. The van der Waals surface area contributed by atoms with Crippen molar-refractivity contribution in [3.8, 4) is 0 Å². The summed E-state index contributed by atoms with van der Waals surface area (Å²) in [5.74, 6) is -0.401. The van der Waals surface area contributed by atoms with E-state index in [-0.39, 0.29) is 43.6 Å². The van der Waals surface area contributed by atoms with E-state index in [4.69, 9.17) is 0 Å². The molecule has 1 saturated heterocycles. The summed E-state index contributed by atoms with van der Waals surface area (Å²) in [7, 11) is 0. The number of piperidine rings is 1. The molecule has 2 aliphatic rings. The van der Waals surface area contributed by atoms with E-state index in [2.05, 4.69) is 20.0 Å². The second-order valence-corrected chi connectivity index (χ2v) is 7.03. The Labute approximate surface area is 160 Å². The zero-order chi connectivity index (χ0) is 21.4. The summed E-state index contributed by atoms with van der Waals surface area (Å²) < 4.78 is 78.9. The minimum Gasteiger partial charge on any atom is -0.426 e. The van der Waals surface area contributed by atoms with Crippen molar-refractivity contribution >= 4 is 17.8 Å². The molecule has 1 saturated carbocycles.